The van der Waals surface area contributed by atoms with E-state index in [2.05, 4.69) is 41.5 Å². The topological polar surface area (TPSA) is 237 Å². The van der Waals surface area contributed by atoms with Crippen LogP contribution in [0.25, 0.3) is 0 Å². The highest BCUT2D eigenvalue weighted by atomic mass is 31.2. The molecule has 7 atom stereocenters. The molecule has 0 radical (unpaired) electrons. The van der Waals surface area contributed by atoms with E-state index in [0.29, 0.717) is 25.7 Å². The molecule has 0 aromatic rings. The highest BCUT2D eigenvalue weighted by Gasteiger charge is 2.30. The van der Waals surface area contributed by atoms with Gasteiger partial charge < -0.3 is 33.8 Å². The fourth-order valence-electron chi connectivity index (χ4n) is 11.8. The van der Waals surface area contributed by atoms with Crippen LogP contribution in [0, 0.1) is 11.8 Å². The van der Waals surface area contributed by atoms with Gasteiger partial charge in [0.15, 0.2) is 12.2 Å². The molecule has 0 rings (SSSR count). The van der Waals surface area contributed by atoms with E-state index in [0.717, 1.165) is 102 Å². The number of aliphatic hydroxyl groups excluding tert-OH is 1. The lowest BCUT2D eigenvalue weighted by molar-refractivity contribution is -0.161. The first kappa shape index (κ1) is 94.1. The van der Waals surface area contributed by atoms with E-state index in [4.69, 9.17) is 37.0 Å². The smallest absolute Gasteiger partial charge is 0.462 e. The number of unbranched alkanes of at least 4 members (excludes halogenated alkanes) is 44. The molecule has 19 heteroatoms. The Balaban J connectivity index is 5.22. The van der Waals surface area contributed by atoms with Gasteiger partial charge in [0.25, 0.3) is 0 Å². The molecule has 0 bridgehead atoms. The molecule has 0 aromatic heterocycles. The number of hydrogen-bond donors (Lipinski definition) is 3. The van der Waals surface area contributed by atoms with Crippen molar-refractivity contribution in [3.05, 3.63) is 0 Å². The zero-order valence-corrected chi connectivity index (χ0v) is 64.5. The van der Waals surface area contributed by atoms with Crippen LogP contribution < -0.4 is 0 Å². The predicted molar refractivity (Wildman–Crippen MR) is 391 cm³/mol. The molecule has 0 heterocycles. The molecule has 0 saturated heterocycles. The average Bonchev–Trinajstić information content (AvgIpc) is 1.39. The van der Waals surface area contributed by atoms with Gasteiger partial charge in [-0.1, -0.05) is 350 Å². The second-order valence-corrected chi connectivity index (χ2v) is 31.1. The van der Waals surface area contributed by atoms with Crippen LogP contribution in [0.5, 0.6) is 0 Å². The van der Waals surface area contributed by atoms with Gasteiger partial charge in [-0.2, -0.15) is 0 Å². The van der Waals surface area contributed by atoms with Crippen molar-refractivity contribution < 1.29 is 80.2 Å². The molecule has 4 unspecified atom stereocenters. The van der Waals surface area contributed by atoms with E-state index < -0.39 is 97.5 Å². The third kappa shape index (κ3) is 67.9. The first-order valence-electron chi connectivity index (χ1n) is 40.1. The Morgan fingerprint density at radius 2 is 0.500 bits per heavy atom. The first-order chi connectivity index (χ1) is 46.4. The maximum Gasteiger partial charge on any atom is 0.472 e. The molecule has 0 aliphatic rings. The summed E-state index contributed by atoms with van der Waals surface area (Å²) in [5.74, 6) is -0.551. The van der Waals surface area contributed by atoms with Crippen LogP contribution in [0.1, 0.15) is 401 Å². The lowest BCUT2D eigenvalue weighted by atomic mass is 9.99. The third-order valence-corrected chi connectivity index (χ3v) is 20.6. The summed E-state index contributed by atoms with van der Waals surface area (Å²) in [7, 11) is -9.91. The normalized spacial score (nSPS) is 14.6. The van der Waals surface area contributed by atoms with Crippen LogP contribution in [0.4, 0.5) is 0 Å². The van der Waals surface area contributed by atoms with Gasteiger partial charge in [-0.25, -0.2) is 9.13 Å². The van der Waals surface area contributed by atoms with Crippen LogP contribution in [0.15, 0.2) is 0 Å². The third-order valence-electron chi connectivity index (χ3n) is 18.7. The average molecular weight is 1410 g/mol. The Bertz CT molecular complexity index is 1860. The molecule has 0 aliphatic carbocycles. The van der Waals surface area contributed by atoms with Gasteiger partial charge in [0.05, 0.1) is 26.4 Å². The first-order valence-corrected chi connectivity index (χ1v) is 43.1. The second kappa shape index (κ2) is 68.8. The maximum atomic E-state index is 13.1. The Morgan fingerprint density at radius 3 is 0.740 bits per heavy atom. The lowest BCUT2D eigenvalue weighted by Crippen LogP contribution is -2.30. The van der Waals surface area contributed by atoms with Gasteiger partial charge in [-0.15, -0.1) is 0 Å². The Labute approximate surface area is 588 Å². The Kier molecular flexibility index (Phi) is 67.4. The van der Waals surface area contributed by atoms with E-state index in [1.807, 2.05) is 0 Å². The largest absolute Gasteiger partial charge is 0.472 e. The minimum absolute atomic E-state index is 0.103. The summed E-state index contributed by atoms with van der Waals surface area (Å²) in [6, 6.07) is 0. The van der Waals surface area contributed by atoms with Crippen molar-refractivity contribution in [3.63, 3.8) is 0 Å². The molecule has 570 valence electrons. The molecule has 0 aliphatic heterocycles. The highest BCUT2D eigenvalue weighted by molar-refractivity contribution is 7.47. The summed E-state index contributed by atoms with van der Waals surface area (Å²) in [5, 5.41) is 10.6. The van der Waals surface area contributed by atoms with Crippen molar-refractivity contribution in [1.29, 1.82) is 0 Å². The van der Waals surface area contributed by atoms with Crippen LogP contribution in [0.3, 0.4) is 0 Å². The second-order valence-electron chi connectivity index (χ2n) is 28.2. The molecular formula is C77H150O17P2. The van der Waals surface area contributed by atoms with Gasteiger partial charge in [0.2, 0.25) is 0 Å². The summed E-state index contributed by atoms with van der Waals surface area (Å²) in [6.07, 6.45) is 56.9. The van der Waals surface area contributed by atoms with Crippen molar-refractivity contribution in [2.24, 2.45) is 11.8 Å². The molecule has 0 spiro atoms. The fraction of sp³-hybridized carbons (Fsp3) is 0.948. The van der Waals surface area contributed by atoms with Crippen LogP contribution in [-0.4, -0.2) is 96.7 Å². The monoisotopic (exact) mass is 1410 g/mol. The van der Waals surface area contributed by atoms with Crippen molar-refractivity contribution in [2.45, 2.75) is 419 Å². The van der Waals surface area contributed by atoms with Gasteiger partial charge >= 0.3 is 39.5 Å². The van der Waals surface area contributed by atoms with E-state index in [-0.39, 0.29) is 25.7 Å². The molecule has 17 nitrogen and oxygen atoms in total. The van der Waals surface area contributed by atoms with Gasteiger partial charge in [-0.3, -0.25) is 37.3 Å². The van der Waals surface area contributed by atoms with Crippen molar-refractivity contribution in [1.82, 2.24) is 0 Å². The lowest BCUT2D eigenvalue weighted by Gasteiger charge is -2.21. The maximum absolute atomic E-state index is 13.1. The molecule has 3 N–H and O–H groups in total. The molecule has 0 aromatic carbocycles. The number of carbonyl (C=O) groups excluding carboxylic acids is 4. The van der Waals surface area contributed by atoms with Crippen molar-refractivity contribution in [2.75, 3.05) is 39.6 Å². The summed E-state index contributed by atoms with van der Waals surface area (Å²) in [6.45, 7) is 9.60. The SMILES string of the molecule is CCCCCCCCCCCCCCCCCCCCC(=O)OC[C@H](COP(=O)(O)OC[C@@H](O)COP(=O)(O)OC[C@@H](COC(=O)CCCCCCCCCCCC)OC(=O)CCCCCCCCC(C)CC)OC(=O)CCCCCCCCCCCCCCCCC(C)CC. The van der Waals surface area contributed by atoms with Gasteiger partial charge in [-0.05, 0) is 37.5 Å². The van der Waals surface area contributed by atoms with Crippen molar-refractivity contribution >= 4 is 39.5 Å². The molecule has 0 fully saturated rings. The Morgan fingerprint density at radius 1 is 0.292 bits per heavy atom. The van der Waals surface area contributed by atoms with Gasteiger partial charge in [0.1, 0.15) is 19.3 Å². The van der Waals surface area contributed by atoms with Crippen molar-refractivity contribution in [3.8, 4) is 0 Å². The highest BCUT2D eigenvalue weighted by Crippen LogP contribution is 2.45. The fourth-order valence-corrected chi connectivity index (χ4v) is 13.3. The summed E-state index contributed by atoms with van der Waals surface area (Å²) >= 11 is 0. The molecule has 96 heavy (non-hydrogen) atoms. The molecular weight excluding hydrogens is 1260 g/mol. The summed E-state index contributed by atoms with van der Waals surface area (Å²) < 4.78 is 68.5. The summed E-state index contributed by atoms with van der Waals surface area (Å²) in [5.41, 5.74) is 0. The number of rotatable bonds is 76. The standard InChI is InChI=1S/C77H150O17P2/c1-7-11-13-15-17-19-21-22-23-24-25-26-30-33-37-41-48-54-60-75(80)87-65-72(93-76(81)61-55-49-42-38-34-31-28-27-29-32-35-39-45-51-57-69(5)9-3)67-91-95(83,84)89-63-71(78)64-90-96(85,86)92-68-73(94-77(82)62-56-50-44-43-46-52-58-70(6)10-4)66-88-74(79)59-53-47-40-36-20-18-16-14-12-8-2/h69-73,78H,7-68H2,1-6H3,(H,83,84)(H,85,86)/t69?,70?,71-,72-,73-/m1/s1. The minimum Gasteiger partial charge on any atom is -0.462 e. The molecule has 0 saturated carbocycles. The number of hydrogen-bond acceptors (Lipinski definition) is 15. The number of carbonyl (C=O) groups is 4. The van der Waals surface area contributed by atoms with Gasteiger partial charge in [0, 0.05) is 25.7 Å². The number of ether oxygens (including phenoxy) is 4. The van der Waals surface area contributed by atoms with Crippen LogP contribution >= 0.6 is 15.6 Å². The quantitative estimate of drug-likeness (QED) is 0.0222. The number of phosphoric acid groups is 2. The van der Waals surface area contributed by atoms with Crippen LogP contribution in [-0.2, 0) is 65.4 Å². The predicted octanol–water partition coefficient (Wildman–Crippen LogP) is 22.7. The van der Waals surface area contributed by atoms with E-state index in [1.54, 1.807) is 0 Å². The Hall–Kier alpha value is -1.94. The number of phosphoric ester groups is 2. The zero-order chi connectivity index (χ0) is 70.7. The minimum atomic E-state index is -4.96. The number of esters is 4. The van der Waals surface area contributed by atoms with Crippen LogP contribution in [0.2, 0.25) is 0 Å². The number of aliphatic hydroxyl groups is 1. The van der Waals surface area contributed by atoms with E-state index in [1.165, 1.54) is 218 Å². The van der Waals surface area contributed by atoms with E-state index >= 15 is 0 Å². The van der Waals surface area contributed by atoms with E-state index in [9.17, 15) is 43.2 Å². The zero-order valence-electron chi connectivity index (χ0n) is 62.7. The molecule has 0 amide bonds. The summed E-state index contributed by atoms with van der Waals surface area (Å²) in [4.78, 5) is 72.8.